The molecule has 0 amide bonds. The molecule has 3 aromatic rings. The summed E-state index contributed by atoms with van der Waals surface area (Å²) in [5.74, 6) is 1.80. The van der Waals surface area contributed by atoms with Crippen molar-refractivity contribution >= 4 is 23.4 Å². The van der Waals surface area contributed by atoms with Gasteiger partial charge >= 0.3 is 0 Å². The third-order valence-corrected chi connectivity index (χ3v) is 6.24. The zero-order valence-electron chi connectivity index (χ0n) is 19.1. The predicted octanol–water partition coefficient (Wildman–Crippen LogP) is 2.70. The van der Waals surface area contributed by atoms with Gasteiger partial charge in [0.25, 0.3) is 0 Å². The zero-order chi connectivity index (χ0) is 24.2. The van der Waals surface area contributed by atoms with Gasteiger partial charge < -0.3 is 31.5 Å². The zero-order valence-corrected chi connectivity index (χ0v) is 19.1. The molecule has 1 fully saturated rings. The fourth-order valence-electron chi connectivity index (χ4n) is 4.45. The van der Waals surface area contributed by atoms with Gasteiger partial charge in [0.15, 0.2) is 0 Å². The molecular formula is C24H29FN8O. The van der Waals surface area contributed by atoms with Crippen molar-refractivity contribution in [1.82, 2.24) is 19.5 Å². The number of aryl methyl sites for hydroxylation is 1. The SMILES string of the molecule is Cc1cc(-c2cn(CCO)c(C3CCN(c4ncnc(N)c4/C(C=N)=C/N)CC3)n2)ccc1F. The molecule has 0 unspecified atom stereocenters. The lowest BCUT2D eigenvalue weighted by Gasteiger charge is -2.33. The maximum absolute atomic E-state index is 13.7. The van der Waals surface area contributed by atoms with Gasteiger partial charge in [-0.25, -0.2) is 19.3 Å². The Hall–Kier alpha value is -3.79. The van der Waals surface area contributed by atoms with Crippen LogP contribution in [0.4, 0.5) is 16.0 Å². The number of hydrogen-bond donors (Lipinski definition) is 4. The van der Waals surface area contributed by atoms with Crippen molar-refractivity contribution in [3.05, 3.63) is 59.7 Å². The van der Waals surface area contributed by atoms with E-state index in [1.807, 2.05) is 10.8 Å². The second-order valence-corrected chi connectivity index (χ2v) is 8.35. The summed E-state index contributed by atoms with van der Waals surface area (Å²) in [6.45, 7) is 3.60. The third-order valence-electron chi connectivity index (χ3n) is 6.24. The lowest BCUT2D eigenvalue weighted by atomic mass is 9.95. The topological polar surface area (TPSA) is 143 Å². The molecular weight excluding hydrogens is 435 g/mol. The van der Waals surface area contributed by atoms with Gasteiger partial charge in [-0.1, -0.05) is 0 Å². The van der Waals surface area contributed by atoms with E-state index < -0.39 is 0 Å². The van der Waals surface area contributed by atoms with Crippen LogP contribution in [0.1, 0.15) is 35.7 Å². The number of allylic oxidation sites excluding steroid dienone is 1. The van der Waals surface area contributed by atoms with Crippen LogP contribution in [0.2, 0.25) is 0 Å². The third kappa shape index (κ3) is 4.49. The Balaban J connectivity index is 1.58. The lowest BCUT2D eigenvalue weighted by molar-refractivity contribution is 0.272. The van der Waals surface area contributed by atoms with Crippen molar-refractivity contribution in [2.75, 3.05) is 30.3 Å². The molecule has 1 aliphatic rings. The highest BCUT2D eigenvalue weighted by atomic mass is 19.1. The summed E-state index contributed by atoms with van der Waals surface area (Å²) >= 11 is 0. The van der Waals surface area contributed by atoms with E-state index in [1.165, 1.54) is 18.6 Å². The number of imidazole rings is 1. The molecule has 2 aromatic heterocycles. The fourth-order valence-corrected chi connectivity index (χ4v) is 4.45. The van der Waals surface area contributed by atoms with Crippen molar-refractivity contribution < 1.29 is 9.50 Å². The Bertz CT molecular complexity index is 1210. The number of rotatable bonds is 7. The van der Waals surface area contributed by atoms with Gasteiger partial charge in [-0.15, -0.1) is 0 Å². The monoisotopic (exact) mass is 464 g/mol. The van der Waals surface area contributed by atoms with Crippen LogP contribution < -0.4 is 16.4 Å². The van der Waals surface area contributed by atoms with E-state index in [0.717, 1.165) is 36.1 Å². The molecule has 0 saturated carbocycles. The Labute approximate surface area is 197 Å². The van der Waals surface area contributed by atoms with Crippen molar-refractivity contribution in [2.24, 2.45) is 5.73 Å². The first kappa shape index (κ1) is 23.4. The van der Waals surface area contributed by atoms with Crippen LogP contribution in [-0.2, 0) is 6.54 Å². The number of nitrogens with one attached hydrogen (secondary N) is 1. The summed E-state index contributed by atoms with van der Waals surface area (Å²) in [5, 5.41) is 17.2. The molecule has 1 aromatic carbocycles. The number of benzene rings is 1. The molecule has 0 bridgehead atoms. The van der Waals surface area contributed by atoms with Gasteiger partial charge in [-0.2, -0.15) is 0 Å². The molecule has 1 saturated heterocycles. The minimum Gasteiger partial charge on any atom is -0.404 e. The van der Waals surface area contributed by atoms with E-state index in [1.54, 1.807) is 19.1 Å². The number of piperidine rings is 1. The van der Waals surface area contributed by atoms with Crippen molar-refractivity contribution in [1.29, 1.82) is 5.41 Å². The average molecular weight is 465 g/mol. The first-order valence-corrected chi connectivity index (χ1v) is 11.2. The molecule has 0 radical (unpaired) electrons. The summed E-state index contributed by atoms with van der Waals surface area (Å²) in [7, 11) is 0. The van der Waals surface area contributed by atoms with Gasteiger partial charge in [0.2, 0.25) is 0 Å². The smallest absolute Gasteiger partial charge is 0.142 e. The largest absolute Gasteiger partial charge is 0.404 e. The molecule has 1 aliphatic heterocycles. The highest BCUT2D eigenvalue weighted by molar-refractivity contribution is 6.12. The van der Waals surface area contributed by atoms with Crippen LogP contribution in [0, 0.1) is 18.2 Å². The average Bonchev–Trinajstić information content (AvgIpc) is 3.27. The first-order valence-electron chi connectivity index (χ1n) is 11.2. The molecule has 10 heteroatoms. The number of nitrogens with zero attached hydrogens (tertiary/aromatic N) is 5. The van der Waals surface area contributed by atoms with E-state index in [4.69, 9.17) is 21.9 Å². The molecule has 0 aliphatic carbocycles. The van der Waals surface area contributed by atoms with E-state index in [2.05, 4.69) is 14.9 Å². The molecule has 178 valence electrons. The number of aliphatic hydroxyl groups excluding tert-OH is 1. The summed E-state index contributed by atoms with van der Waals surface area (Å²) < 4.78 is 15.7. The highest BCUT2D eigenvalue weighted by Crippen LogP contribution is 2.35. The molecule has 9 nitrogen and oxygen atoms in total. The summed E-state index contributed by atoms with van der Waals surface area (Å²) in [4.78, 5) is 15.5. The van der Waals surface area contributed by atoms with Gasteiger partial charge in [-0.05, 0) is 43.5 Å². The summed E-state index contributed by atoms with van der Waals surface area (Å²) in [6, 6.07) is 4.98. The molecule has 4 rings (SSSR count). The predicted molar refractivity (Wildman–Crippen MR) is 131 cm³/mol. The molecule has 6 N–H and O–H groups in total. The van der Waals surface area contributed by atoms with Gasteiger partial charge in [0, 0.05) is 55.3 Å². The number of nitrogens with two attached hydrogens (primary N) is 2. The van der Waals surface area contributed by atoms with Crippen LogP contribution in [0.25, 0.3) is 16.8 Å². The summed E-state index contributed by atoms with van der Waals surface area (Å²) in [6.07, 6.45) is 7.47. The van der Waals surface area contributed by atoms with E-state index in [-0.39, 0.29) is 24.2 Å². The number of anilines is 2. The highest BCUT2D eigenvalue weighted by Gasteiger charge is 2.28. The van der Waals surface area contributed by atoms with E-state index in [9.17, 15) is 9.50 Å². The van der Waals surface area contributed by atoms with Crippen molar-refractivity contribution in [2.45, 2.75) is 32.2 Å². The lowest BCUT2D eigenvalue weighted by Crippen LogP contribution is -2.35. The van der Waals surface area contributed by atoms with Crippen LogP contribution in [-0.4, -0.2) is 50.5 Å². The molecule has 0 atom stereocenters. The van der Waals surface area contributed by atoms with Gasteiger partial charge in [0.05, 0.1) is 17.9 Å². The van der Waals surface area contributed by atoms with Crippen LogP contribution >= 0.6 is 0 Å². The number of aromatic nitrogens is 4. The number of aliphatic hydroxyl groups is 1. The van der Waals surface area contributed by atoms with Crippen molar-refractivity contribution in [3.8, 4) is 11.3 Å². The van der Waals surface area contributed by atoms with Crippen LogP contribution in [0.3, 0.4) is 0 Å². The Morgan fingerprint density at radius 1 is 1.29 bits per heavy atom. The minimum absolute atomic E-state index is 0.00544. The Kier molecular flexibility index (Phi) is 6.87. The van der Waals surface area contributed by atoms with Gasteiger partial charge in [-0.3, -0.25) is 0 Å². The second-order valence-electron chi connectivity index (χ2n) is 8.35. The number of nitrogen functional groups attached to an aromatic ring is 1. The Morgan fingerprint density at radius 3 is 2.71 bits per heavy atom. The van der Waals surface area contributed by atoms with Crippen molar-refractivity contribution in [3.63, 3.8) is 0 Å². The maximum atomic E-state index is 13.7. The van der Waals surface area contributed by atoms with E-state index in [0.29, 0.717) is 42.2 Å². The molecule has 0 spiro atoms. The second kappa shape index (κ2) is 10.0. The summed E-state index contributed by atoms with van der Waals surface area (Å²) in [5.41, 5.74) is 15.0. The number of halogens is 1. The molecule has 3 heterocycles. The van der Waals surface area contributed by atoms with Crippen LogP contribution in [0.15, 0.2) is 36.9 Å². The maximum Gasteiger partial charge on any atom is 0.142 e. The molecule has 34 heavy (non-hydrogen) atoms. The number of hydrogen-bond acceptors (Lipinski definition) is 8. The minimum atomic E-state index is -0.244. The standard InChI is InChI=1S/C24H29FN8O/c1-15-10-17(2-3-19(15)25)20-13-33(8-9-34)23(31-20)16-4-6-32(7-5-16)24-21(18(11-26)12-27)22(28)29-14-30-24/h2-3,10-14,16,26,34H,4-9,27H2,1H3,(H2,28,29,30)/b18-12+,26-11?. The van der Waals surface area contributed by atoms with Crippen LogP contribution in [0.5, 0.6) is 0 Å². The quantitative estimate of drug-likeness (QED) is 0.394. The normalized spacial score (nSPS) is 15.0. The fraction of sp³-hybridized carbons (Fsp3) is 0.333. The Morgan fingerprint density at radius 2 is 2.06 bits per heavy atom. The van der Waals surface area contributed by atoms with E-state index >= 15 is 0 Å². The van der Waals surface area contributed by atoms with Gasteiger partial charge in [0.1, 0.15) is 29.6 Å². The first-order chi connectivity index (χ1) is 16.5.